The summed E-state index contributed by atoms with van der Waals surface area (Å²) in [7, 11) is 0. The van der Waals surface area contributed by atoms with Crippen molar-refractivity contribution in [2.75, 3.05) is 6.54 Å². The molecule has 1 atom stereocenters. The third kappa shape index (κ3) is 3.60. The highest BCUT2D eigenvalue weighted by Gasteiger charge is 2.20. The fourth-order valence-corrected chi connectivity index (χ4v) is 2.42. The second-order valence-corrected chi connectivity index (χ2v) is 5.45. The van der Waals surface area contributed by atoms with Crippen molar-refractivity contribution >= 4 is 11.6 Å². The molecule has 1 N–H and O–H groups in total. The molecule has 2 aromatic rings. The second kappa shape index (κ2) is 7.01. The zero-order valence-corrected chi connectivity index (χ0v) is 12.8. The van der Waals surface area contributed by atoms with E-state index in [1.807, 2.05) is 26.0 Å². The summed E-state index contributed by atoms with van der Waals surface area (Å²) in [6.45, 7) is 4.63. The summed E-state index contributed by atoms with van der Waals surface area (Å²) in [4.78, 5) is 0. The maximum Gasteiger partial charge on any atom is 0.163 e. The summed E-state index contributed by atoms with van der Waals surface area (Å²) < 4.78 is 27.6. The molecule has 0 aliphatic carbocycles. The third-order valence-electron chi connectivity index (χ3n) is 3.42. The number of benzene rings is 2. The fourth-order valence-electron chi connectivity index (χ4n) is 2.23. The Hall–Kier alpha value is -1.45. The Labute approximate surface area is 128 Å². The molecule has 1 unspecified atom stereocenters. The normalized spacial score (nSPS) is 12.4. The van der Waals surface area contributed by atoms with E-state index in [2.05, 4.69) is 5.32 Å². The van der Waals surface area contributed by atoms with Crippen molar-refractivity contribution in [3.63, 3.8) is 0 Å². The predicted molar refractivity (Wildman–Crippen MR) is 82.7 cm³/mol. The molecule has 4 heteroatoms. The first-order valence-electron chi connectivity index (χ1n) is 6.98. The largest absolute Gasteiger partial charge is 0.306 e. The van der Waals surface area contributed by atoms with E-state index in [-0.39, 0.29) is 0 Å². The molecule has 0 amide bonds. The van der Waals surface area contributed by atoms with Crippen molar-refractivity contribution < 1.29 is 8.78 Å². The van der Waals surface area contributed by atoms with Crippen molar-refractivity contribution in [3.05, 3.63) is 69.7 Å². The van der Waals surface area contributed by atoms with Gasteiger partial charge in [-0.2, -0.15) is 0 Å². The summed E-state index contributed by atoms with van der Waals surface area (Å²) in [5.41, 5.74) is 2.07. The molecule has 0 fully saturated rings. The van der Waals surface area contributed by atoms with Crippen LogP contribution in [-0.4, -0.2) is 6.54 Å². The lowest BCUT2D eigenvalue weighted by Crippen LogP contribution is -2.24. The lowest BCUT2D eigenvalue weighted by atomic mass is 9.97. The van der Waals surface area contributed by atoms with Crippen LogP contribution in [0.1, 0.15) is 36.1 Å². The Morgan fingerprint density at radius 3 is 2.62 bits per heavy atom. The van der Waals surface area contributed by atoms with E-state index in [4.69, 9.17) is 11.6 Å². The van der Waals surface area contributed by atoms with E-state index in [1.54, 1.807) is 12.1 Å². The molecule has 0 aliphatic rings. The Morgan fingerprint density at radius 2 is 1.95 bits per heavy atom. The van der Waals surface area contributed by atoms with E-state index in [0.29, 0.717) is 17.1 Å². The Bertz CT molecular complexity index is 628. The van der Waals surface area contributed by atoms with Crippen LogP contribution < -0.4 is 5.32 Å². The molecule has 21 heavy (non-hydrogen) atoms. The molecule has 0 bridgehead atoms. The molecular formula is C17H18ClF2N. The highest BCUT2D eigenvalue weighted by Crippen LogP contribution is 2.28. The SMILES string of the molecule is CCCNC(c1ccc(C)c(Cl)c1)c1cccc(F)c1F. The van der Waals surface area contributed by atoms with Crippen LogP contribution >= 0.6 is 11.6 Å². The first-order valence-corrected chi connectivity index (χ1v) is 7.35. The molecule has 1 nitrogen and oxygen atoms in total. The molecule has 2 aromatic carbocycles. The van der Waals surface area contributed by atoms with Gasteiger partial charge in [-0.3, -0.25) is 0 Å². The predicted octanol–water partition coefficient (Wildman–Crippen LogP) is 5.02. The maximum atomic E-state index is 14.1. The van der Waals surface area contributed by atoms with E-state index in [1.165, 1.54) is 6.07 Å². The van der Waals surface area contributed by atoms with Gasteiger partial charge < -0.3 is 5.32 Å². The smallest absolute Gasteiger partial charge is 0.163 e. The van der Waals surface area contributed by atoms with Gasteiger partial charge in [0.1, 0.15) is 0 Å². The molecule has 0 saturated heterocycles. The van der Waals surface area contributed by atoms with Crippen LogP contribution in [0.4, 0.5) is 8.78 Å². The highest BCUT2D eigenvalue weighted by molar-refractivity contribution is 6.31. The van der Waals surface area contributed by atoms with Gasteiger partial charge in [-0.1, -0.05) is 42.8 Å². The fraction of sp³-hybridized carbons (Fsp3) is 0.294. The summed E-state index contributed by atoms with van der Waals surface area (Å²) in [5.74, 6) is -1.66. The number of halogens is 3. The molecule has 0 spiro atoms. The summed E-state index contributed by atoms with van der Waals surface area (Å²) in [6.07, 6.45) is 0.896. The van der Waals surface area contributed by atoms with Crippen LogP contribution in [0, 0.1) is 18.6 Å². The molecule has 0 saturated carbocycles. The molecule has 0 aliphatic heterocycles. The molecule has 0 radical (unpaired) electrons. The van der Waals surface area contributed by atoms with Gasteiger partial charge >= 0.3 is 0 Å². The zero-order valence-electron chi connectivity index (χ0n) is 12.1. The van der Waals surface area contributed by atoms with E-state index >= 15 is 0 Å². The maximum absolute atomic E-state index is 14.1. The van der Waals surface area contributed by atoms with Crippen LogP contribution in [0.25, 0.3) is 0 Å². The average Bonchev–Trinajstić information content (AvgIpc) is 2.47. The van der Waals surface area contributed by atoms with Crippen molar-refractivity contribution in [3.8, 4) is 0 Å². The molecule has 0 aromatic heterocycles. The molecule has 0 heterocycles. The first-order chi connectivity index (χ1) is 10.0. The van der Waals surface area contributed by atoms with Gasteiger partial charge in [0.15, 0.2) is 11.6 Å². The molecule has 112 valence electrons. The summed E-state index contributed by atoms with van der Waals surface area (Å²) >= 11 is 6.15. The quantitative estimate of drug-likeness (QED) is 0.818. The zero-order chi connectivity index (χ0) is 15.4. The number of aryl methyl sites for hydroxylation is 1. The lowest BCUT2D eigenvalue weighted by Gasteiger charge is -2.21. The third-order valence-corrected chi connectivity index (χ3v) is 3.83. The van der Waals surface area contributed by atoms with Crippen LogP contribution in [0.3, 0.4) is 0 Å². The Kier molecular flexibility index (Phi) is 5.32. The number of rotatable bonds is 5. The van der Waals surface area contributed by atoms with Crippen molar-refractivity contribution in [1.82, 2.24) is 5.32 Å². The number of nitrogens with one attached hydrogen (secondary N) is 1. The van der Waals surface area contributed by atoms with E-state index in [0.717, 1.165) is 23.6 Å². The van der Waals surface area contributed by atoms with Gasteiger partial charge in [-0.15, -0.1) is 0 Å². The topological polar surface area (TPSA) is 12.0 Å². The van der Waals surface area contributed by atoms with Gasteiger partial charge in [0.25, 0.3) is 0 Å². The molecular weight excluding hydrogens is 292 g/mol. The second-order valence-electron chi connectivity index (χ2n) is 5.04. The summed E-state index contributed by atoms with van der Waals surface area (Å²) in [6, 6.07) is 9.39. The van der Waals surface area contributed by atoms with Crippen LogP contribution in [0.5, 0.6) is 0 Å². The standard InChI is InChI=1S/C17H18ClF2N/c1-3-9-21-17(12-8-7-11(2)14(18)10-12)13-5-4-6-15(19)16(13)20/h4-8,10,17,21H,3,9H2,1-2H3. The van der Waals surface area contributed by atoms with Crippen molar-refractivity contribution in [2.45, 2.75) is 26.3 Å². The summed E-state index contributed by atoms with van der Waals surface area (Å²) in [5, 5.41) is 3.87. The van der Waals surface area contributed by atoms with Crippen LogP contribution in [0.2, 0.25) is 5.02 Å². The van der Waals surface area contributed by atoms with Crippen LogP contribution in [0.15, 0.2) is 36.4 Å². The average molecular weight is 310 g/mol. The Morgan fingerprint density at radius 1 is 1.19 bits per heavy atom. The lowest BCUT2D eigenvalue weighted by molar-refractivity contribution is 0.480. The van der Waals surface area contributed by atoms with Gasteiger partial charge in [0.05, 0.1) is 6.04 Å². The van der Waals surface area contributed by atoms with Gasteiger partial charge in [-0.25, -0.2) is 8.78 Å². The minimum absolute atomic E-state index is 0.295. The van der Waals surface area contributed by atoms with Crippen LogP contribution in [-0.2, 0) is 0 Å². The highest BCUT2D eigenvalue weighted by atomic mass is 35.5. The minimum atomic E-state index is -0.839. The minimum Gasteiger partial charge on any atom is -0.306 e. The first kappa shape index (κ1) is 15.9. The number of hydrogen-bond donors (Lipinski definition) is 1. The van der Waals surface area contributed by atoms with E-state index in [9.17, 15) is 8.78 Å². The monoisotopic (exact) mass is 309 g/mol. The van der Waals surface area contributed by atoms with Gasteiger partial charge in [-0.05, 0) is 43.1 Å². The van der Waals surface area contributed by atoms with Crippen molar-refractivity contribution in [2.24, 2.45) is 0 Å². The van der Waals surface area contributed by atoms with Gasteiger partial charge in [0, 0.05) is 10.6 Å². The van der Waals surface area contributed by atoms with Gasteiger partial charge in [0.2, 0.25) is 0 Å². The Balaban J connectivity index is 2.47. The molecule has 2 rings (SSSR count). The number of hydrogen-bond acceptors (Lipinski definition) is 1. The van der Waals surface area contributed by atoms with E-state index < -0.39 is 17.7 Å². The van der Waals surface area contributed by atoms with Crippen molar-refractivity contribution in [1.29, 1.82) is 0 Å².